The van der Waals surface area contributed by atoms with Crippen molar-refractivity contribution < 1.29 is 13.9 Å². The van der Waals surface area contributed by atoms with E-state index in [1.165, 1.54) is 13.2 Å². The van der Waals surface area contributed by atoms with Gasteiger partial charge in [-0.2, -0.15) is 0 Å². The number of likely N-dealkylation sites (tertiary alicyclic amines) is 1. The number of benzene rings is 1. The number of esters is 1. The van der Waals surface area contributed by atoms with E-state index in [0.717, 1.165) is 23.9 Å². The monoisotopic (exact) mass is 315 g/mol. The standard InChI is InChI=1S/C13H15BrFNO2/c1-18-13(17)12-3-2-6-16(12)8-9-7-10(14)4-5-11(9)15/h4-5,7,12H,2-3,6,8H2,1H3. The van der Waals surface area contributed by atoms with Crippen LogP contribution in [-0.2, 0) is 16.1 Å². The van der Waals surface area contributed by atoms with Gasteiger partial charge in [0.2, 0.25) is 0 Å². The molecule has 5 heteroatoms. The number of methoxy groups -OCH3 is 1. The Bertz CT molecular complexity index is 453. The van der Waals surface area contributed by atoms with Crippen LogP contribution in [0.15, 0.2) is 22.7 Å². The van der Waals surface area contributed by atoms with Crippen LogP contribution in [0.5, 0.6) is 0 Å². The van der Waals surface area contributed by atoms with Crippen LogP contribution in [0.3, 0.4) is 0 Å². The van der Waals surface area contributed by atoms with E-state index in [9.17, 15) is 9.18 Å². The molecule has 1 unspecified atom stereocenters. The minimum Gasteiger partial charge on any atom is -0.468 e. The third kappa shape index (κ3) is 2.90. The largest absolute Gasteiger partial charge is 0.468 e. The Morgan fingerprint density at radius 2 is 2.39 bits per heavy atom. The number of hydrogen-bond acceptors (Lipinski definition) is 3. The quantitative estimate of drug-likeness (QED) is 0.803. The number of hydrogen-bond donors (Lipinski definition) is 0. The summed E-state index contributed by atoms with van der Waals surface area (Å²) in [5.41, 5.74) is 0.597. The first-order valence-corrected chi connectivity index (χ1v) is 6.67. The van der Waals surface area contributed by atoms with Crippen molar-refractivity contribution in [3.8, 4) is 0 Å². The van der Waals surface area contributed by atoms with Gasteiger partial charge in [0.25, 0.3) is 0 Å². The number of nitrogens with zero attached hydrogens (tertiary/aromatic N) is 1. The van der Waals surface area contributed by atoms with Crippen molar-refractivity contribution in [1.29, 1.82) is 0 Å². The zero-order chi connectivity index (χ0) is 13.1. The van der Waals surface area contributed by atoms with Gasteiger partial charge in [0, 0.05) is 16.6 Å². The molecule has 2 rings (SSSR count). The van der Waals surface area contributed by atoms with E-state index in [-0.39, 0.29) is 17.8 Å². The van der Waals surface area contributed by atoms with Gasteiger partial charge in [-0.25, -0.2) is 4.39 Å². The van der Waals surface area contributed by atoms with E-state index in [1.54, 1.807) is 12.1 Å². The maximum absolute atomic E-state index is 13.7. The highest BCUT2D eigenvalue weighted by atomic mass is 79.9. The molecule has 1 atom stereocenters. The average molecular weight is 316 g/mol. The van der Waals surface area contributed by atoms with Gasteiger partial charge >= 0.3 is 5.97 Å². The van der Waals surface area contributed by atoms with Gasteiger partial charge in [-0.15, -0.1) is 0 Å². The van der Waals surface area contributed by atoms with E-state index in [1.807, 2.05) is 4.90 Å². The predicted molar refractivity (Wildman–Crippen MR) is 69.5 cm³/mol. The van der Waals surface area contributed by atoms with E-state index >= 15 is 0 Å². The topological polar surface area (TPSA) is 29.5 Å². The van der Waals surface area contributed by atoms with Crippen LogP contribution in [0, 0.1) is 5.82 Å². The van der Waals surface area contributed by atoms with Crippen LogP contribution in [0.4, 0.5) is 4.39 Å². The van der Waals surface area contributed by atoms with E-state index in [0.29, 0.717) is 12.1 Å². The zero-order valence-electron chi connectivity index (χ0n) is 10.2. The van der Waals surface area contributed by atoms with Gasteiger partial charge in [-0.1, -0.05) is 15.9 Å². The summed E-state index contributed by atoms with van der Waals surface area (Å²) in [5, 5.41) is 0. The van der Waals surface area contributed by atoms with Gasteiger partial charge < -0.3 is 4.74 Å². The fraction of sp³-hybridized carbons (Fsp3) is 0.462. The molecule has 0 aromatic heterocycles. The molecule has 1 aliphatic heterocycles. The first-order chi connectivity index (χ1) is 8.61. The summed E-state index contributed by atoms with van der Waals surface area (Å²) in [5.74, 6) is -0.475. The molecule has 1 aromatic rings. The maximum Gasteiger partial charge on any atom is 0.323 e. The van der Waals surface area contributed by atoms with Gasteiger partial charge in [0.1, 0.15) is 11.9 Å². The second kappa shape index (κ2) is 5.80. The predicted octanol–water partition coefficient (Wildman–Crippen LogP) is 2.73. The van der Waals surface area contributed by atoms with Crippen molar-refractivity contribution in [2.75, 3.05) is 13.7 Å². The summed E-state index contributed by atoms with van der Waals surface area (Å²) in [6.07, 6.45) is 1.72. The Morgan fingerprint density at radius 3 is 3.11 bits per heavy atom. The Balaban J connectivity index is 2.13. The highest BCUT2D eigenvalue weighted by Gasteiger charge is 2.31. The van der Waals surface area contributed by atoms with Crippen LogP contribution >= 0.6 is 15.9 Å². The molecule has 1 aliphatic rings. The van der Waals surface area contributed by atoms with Crippen molar-refractivity contribution in [3.63, 3.8) is 0 Å². The first-order valence-electron chi connectivity index (χ1n) is 5.87. The Morgan fingerprint density at radius 1 is 1.61 bits per heavy atom. The van der Waals surface area contributed by atoms with E-state index in [2.05, 4.69) is 15.9 Å². The molecule has 1 heterocycles. The fourth-order valence-electron chi connectivity index (χ4n) is 2.30. The summed E-state index contributed by atoms with van der Waals surface area (Å²) < 4.78 is 19.3. The summed E-state index contributed by atoms with van der Waals surface area (Å²) in [4.78, 5) is 13.6. The summed E-state index contributed by atoms with van der Waals surface area (Å²) in [7, 11) is 1.39. The Hall–Kier alpha value is -0.940. The second-order valence-corrected chi connectivity index (χ2v) is 5.30. The van der Waals surface area contributed by atoms with Crippen molar-refractivity contribution in [2.45, 2.75) is 25.4 Å². The number of carbonyl (C=O) groups is 1. The third-order valence-electron chi connectivity index (χ3n) is 3.22. The molecule has 1 aromatic carbocycles. The van der Waals surface area contributed by atoms with Crippen molar-refractivity contribution in [1.82, 2.24) is 4.90 Å². The fourth-order valence-corrected chi connectivity index (χ4v) is 2.71. The molecule has 0 N–H and O–H groups in total. The van der Waals surface area contributed by atoms with Gasteiger partial charge in [0.05, 0.1) is 7.11 Å². The first kappa shape index (κ1) is 13.5. The van der Waals surface area contributed by atoms with Crippen LogP contribution < -0.4 is 0 Å². The minimum absolute atomic E-state index is 0.233. The minimum atomic E-state index is -0.242. The van der Waals surface area contributed by atoms with Crippen LogP contribution in [-0.4, -0.2) is 30.6 Å². The van der Waals surface area contributed by atoms with Crippen LogP contribution in [0.2, 0.25) is 0 Å². The number of ether oxygens (including phenoxy) is 1. The smallest absolute Gasteiger partial charge is 0.323 e. The molecule has 0 radical (unpaired) electrons. The number of halogens is 2. The maximum atomic E-state index is 13.7. The lowest BCUT2D eigenvalue weighted by Gasteiger charge is -2.22. The number of carbonyl (C=O) groups excluding carboxylic acids is 1. The highest BCUT2D eigenvalue weighted by molar-refractivity contribution is 9.10. The summed E-state index contributed by atoms with van der Waals surface area (Å²) >= 11 is 3.33. The zero-order valence-corrected chi connectivity index (χ0v) is 11.7. The molecule has 0 spiro atoms. The Labute approximate surface area is 114 Å². The molecule has 0 amide bonds. The van der Waals surface area contributed by atoms with Crippen molar-refractivity contribution in [3.05, 3.63) is 34.1 Å². The highest BCUT2D eigenvalue weighted by Crippen LogP contribution is 2.23. The summed E-state index contributed by atoms with van der Waals surface area (Å²) in [6, 6.07) is 4.61. The second-order valence-electron chi connectivity index (χ2n) is 4.39. The van der Waals surface area contributed by atoms with Crippen LogP contribution in [0.1, 0.15) is 18.4 Å². The SMILES string of the molecule is COC(=O)C1CCCN1Cc1cc(Br)ccc1F. The van der Waals surface area contributed by atoms with Crippen molar-refractivity contribution >= 4 is 21.9 Å². The lowest BCUT2D eigenvalue weighted by atomic mass is 10.1. The normalized spacial score (nSPS) is 20.1. The summed E-state index contributed by atoms with van der Waals surface area (Å²) in [6.45, 7) is 1.23. The van der Waals surface area contributed by atoms with E-state index in [4.69, 9.17) is 4.74 Å². The molecule has 0 aliphatic carbocycles. The lowest BCUT2D eigenvalue weighted by molar-refractivity contribution is -0.146. The van der Waals surface area contributed by atoms with Crippen LogP contribution in [0.25, 0.3) is 0 Å². The molecule has 0 bridgehead atoms. The molecule has 18 heavy (non-hydrogen) atoms. The van der Waals surface area contributed by atoms with Crippen molar-refractivity contribution in [2.24, 2.45) is 0 Å². The molecule has 0 saturated carbocycles. The molecular weight excluding hydrogens is 301 g/mol. The average Bonchev–Trinajstić information content (AvgIpc) is 2.81. The molecule has 1 fully saturated rings. The van der Waals surface area contributed by atoms with E-state index < -0.39 is 0 Å². The lowest BCUT2D eigenvalue weighted by Crippen LogP contribution is -2.36. The third-order valence-corrected chi connectivity index (χ3v) is 3.71. The Kier molecular flexibility index (Phi) is 4.35. The molecule has 1 saturated heterocycles. The van der Waals surface area contributed by atoms with Gasteiger partial charge in [-0.3, -0.25) is 9.69 Å². The molecule has 3 nitrogen and oxygen atoms in total. The number of rotatable bonds is 3. The molecule has 98 valence electrons. The molecular formula is C13H15BrFNO2. The van der Waals surface area contributed by atoms with Gasteiger partial charge in [-0.05, 0) is 37.6 Å². The van der Waals surface area contributed by atoms with Gasteiger partial charge in [0.15, 0.2) is 0 Å².